The van der Waals surface area contributed by atoms with Crippen molar-refractivity contribution < 1.29 is 0 Å². The second kappa shape index (κ2) is 8.81. The molecule has 0 spiro atoms. The van der Waals surface area contributed by atoms with E-state index in [0.717, 1.165) is 12.5 Å². The Hall–Kier alpha value is -0.380. The van der Waals surface area contributed by atoms with Gasteiger partial charge in [-0.05, 0) is 61.8 Å². The molecule has 0 amide bonds. The molecule has 2 nitrogen and oxygen atoms in total. The van der Waals surface area contributed by atoms with Gasteiger partial charge < -0.3 is 5.32 Å². The maximum absolute atomic E-state index is 3.52. The zero-order valence-corrected chi connectivity index (χ0v) is 14.0. The summed E-state index contributed by atoms with van der Waals surface area (Å²) in [4.78, 5) is 4.25. The van der Waals surface area contributed by atoms with Crippen molar-refractivity contribution >= 4 is 11.3 Å². The molecule has 0 bridgehead atoms. The van der Waals surface area contributed by atoms with Crippen molar-refractivity contribution in [3.8, 4) is 0 Å². The number of nitrogens with one attached hydrogen (secondary N) is 1. The Kier molecular flexibility index (Phi) is 7.05. The Labute approximate surface area is 128 Å². The van der Waals surface area contributed by atoms with Crippen molar-refractivity contribution in [1.82, 2.24) is 10.2 Å². The zero-order chi connectivity index (χ0) is 14.2. The molecule has 1 aliphatic heterocycles. The second-order valence-corrected chi connectivity index (χ2v) is 7.41. The lowest BCUT2D eigenvalue weighted by Crippen LogP contribution is -2.30. The van der Waals surface area contributed by atoms with Crippen LogP contribution in [0.3, 0.4) is 0 Å². The van der Waals surface area contributed by atoms with Crippen molar-refractivity contribution in [2.45, 2.75) is 52.5 Å². The maximum Gasteiger partial charge on any atom is 0.0244 e. The van der Waals surface area contributed by atoms with Crippen LogP contribution in [-0.2, 0) is 13.0 Å². The predicted molar refractivity (Wildman–Crippen MR) is 89.5 cm³/mol. The SMILES string of the molecule is CC(C)CNCCCCCCN1CCc2sccc2C1. The molecule has 0 fully saturated rings. The summed E-state index contributed by atoms with van der Waals surface area (Å²) in [5.74, 6) is 0.774. The van der Waals surface area contributed by atoms with Crippen LogP contribution in [0.25, 0.3) is 0 Å². The van der Waals surface area contributed by atoms with E-state index in [1.807, 2.05) is 11.3 Å². The van der Waals surface area contributed by atoms with E-state index in [9.17, 15) is 0 Å². The number of fused-ring (bicyclic) bond motifs is 1. The third-order valence-electron chi connectivity index (χ3n) is 4.02. The van der Waals surface area contributed by atoms with E-state index in [2.05, 4.69) is 35.5 Å². The van der Waals surface area contributed by atoms with Gasteiger partial charge >= 0.3 is 0 Å². The monoisotopic (exact) mass is 294 g/mol. The molecule has 0 unspecified atom stereocenters. The van der Waals surface area contributed by atoms with Gasteiger partial charge in [0.15, 0.2) is 0 Å². The molecule has 0 saturated heterocycles. The lowest BCUT2D eigenvalue weighted by molar-refractivity contribution is 0.250. The van der Waals surface area contributed by atoms with Crippen molar-refractivity contribution in [1.29, 1.82) is 0 Å². The molecule has 0 saturated carbocycles. The van der Waals surface area contributed by atoms with Gasteiger partial charge in [-0.3, -0.25) is 4.90 Å². The quantitative estimate of drug-likeness (QED) is 0.695. The highest BCUT2D eigenvalue weighted by molar-refractivity contribution is 7.10. The Bertz CT molecular complexity index is 373. The Morgan fingerprint density at radius 1 is 1.25 bits per heavy atom. The summed E-state index contributed by atoms with van der Waals surface area (Å²) in [7, 11) is 0. The van der Waals surface area contributed by atoms with E-state index >= 15 is 0 Å². The van der Waals surface area contributed by atoms with Gasteiger partial charge in [0.1, 0.15) is 0 Å². The van der Waals surface area contributed by atoms with E-state index in [1.165, 1.54) is 58.3 Å². The smallest absolute Gasteiger partial charge is 0.0244 e. The zero-order valence-electron chi connectivity index (χ0n) is 13.2. The number of rotatable bonds is 9. The van der Waals surface area contributed by atoms with Gasteiger partial charge in [0.05, 0.1) is 0 Å². The van der Waals surface area contributed by atoms with Gasteiger partial charge in [-0.25, -0.2) is 0 Å². The molecule has 1 aromatic heterocycles. The normalized spacial score (nSPS) is 15.8. The Balaban J connectivity index is 1.46. The van der Waals surface area contributed by atoms with Crippen LogP contribution in [0.5, 0.6) is 0 Å². The molecule has 20 heavy (non-hydrogen) atoms. The van der Waals surface area contributed by atoms with Crippen LogP contribution < -0.4 is 5.32 Å². The first-order valence-corrected chi connectivity index (χ1v) is 9.12. The van der Waals surface area contributed by atoms with Crippen LogP contribution in [-0.4, -0.2) is 31.1 Å². The van der Waals surface area contributed by atoms with Crippen LogP contribution in [0.15, 0.2) is 11.4 Å². The van der Waals surface area contributed by atoms with Gasteiger partial charge in [-0.15, -0.1) is 11.3 Å². The van der Waals surface area contributed by atoms with E-state index < -0.39 is 0 Å². The average molecular weight is 295 g/mol. The summed E-state index contributed by atoms with van der Waals surface area (Å²) in [6, 6.07) is 2.31. The van der Waals surface area contributed by atoms with Gasteiger partial charge in [0.25, 0.3) is 0 Å². The molecular weight excluding hydrogens is 264 g/mol. The molecule has 3 heteroatoms. The lowest BCUT2D eigenvalue weighted by atomic mass is 10.1. The molecule has 0 aliphatic carbocycles. The van der Waals surface area contributed by atoms with Crippen LogP contribution in [0.4, 0.5) is 0 Å². The van der Waals surface area contributed by atoms with Crippen LogP contribution in [0, 0.1) is 5.92 Å². The number of nitrogens with zero attached hydrogens (tertiary/aromatic N) is 1. The molecule has 0 aromatic carbocycles. The number of hydrogen-bond acceptors (Lipinski definition) is 3. The number of unbranched alkanes of at least 4 members (excludes halogenated alkanes) is 3. The fourth-order valence-corrected chi connectivity index (χ4v) is 3.72. The second-order valence-electron chi connectivity index (χ2n) is 6.41. The van der Waals surface area contributed by atoms with Gasteiger partial charge in [0, 0.05) is 18.0 Å². The maximum atomic E-state index is 3.52. The van der Waals surface area contributed by atoms with Gasteiger partial charge in [-0.1, -0.05) is 26.7 Å². The van der Waals surface area contributed by atoms with Gasteiger partial charge in [0.2, 0.25) is 0 Å². The number of thiophene rings is 1. The van der Waals surface area contributed by atoms with Crippen LogP contribution in [0.2, 0.25) is 0 Å². The molecule has 0 atom stereocenters. The summed E-state index contributed by atoms with van der Waals surface area (Å²) in [5.41, 5.74) is 1.58. The average Bonchev–Trinajstić information content (AvgIpc) is 2.89. The minimum atomic E-state index is 0.774. The van der Waals surface area contributed by atoms with E-state index in [4.69, 9.17) is 0 Å². The molecule has 114 valence electrons. The summed E-state index contributed by atoms with van der Waals surface area (Å²) >= 11 is 1.94. The van der Waals surface area contributed by atoms with E-state index in [1.54, 1.807) is 10.4 Å². The highest BCUT2D eigenvalue weighted by atomic mass is 32.1. The first kappa shape index (κ1) is 16.0. The molecule has 2 rings (SSSR count). The van der Waals surface area contributed by atoms with Crippen molar-refractivity contribution in [3.05, 3.63) is 21.9 Å². The van der Waals surface area contributed by atoms with Crippen molar-refractivity contribution in [2.75, 3.05) is 26.2 Å². The van der Waals surface area contributed by atoms with Crippen molar-refractivity contribution in [3.63, 3.8) is 0 Å². The van der Waals surface area contributed by atoms with E-state index in [-0.39, 0.29) is 0 Å². The first-order chi connectivity index (χ1) is 9.75. The third-order valence-corrected chi connectivity index (χ3v) is 5.04. The highest BCUT2D eigenvalue weighted by Crippen LogP contribution is 2.24. The molecule has 0 radical (unpaired) electrons. The molecule has 1 aliphatic rings. The summed E-state index contributed by atoms with van der Waals surface area (Å²) in [6.45, 7) is 10.6. The van der Waals surface area contributed by atoms with Crippen molar-refractivity contribution in [2.24, 2.45) is 5.92 Å². The lowest BCUT2D eigenvalue weighted by Gasteiger charge is -2.26. The fraction of sp³-hybridized carbons (Fsp3) is 0.765. The van der Waals surface area contributed by atoms with E-state index in [0.29, 0.717) is 0 Å². The third kappa shape index (κ3) is 5.55. The fourth-order valence-electron chi connectivity index (χ4n) is 2.83. The standard InChI is InChI=1S/C17H30N2S/c1-15(2)13-18-9-5-3-4-6-10-19-11-7-17-16(14-19)8-12-20-17/h8,12,15,18H,3-7,9-11,13-14H2,1-2H3. The van der Waals surface area contributed by atoms with Crippen LogP contribution in [0.1, 0.15) is 50.0 Å². The first-order valence-electron chi connectivity index (χ1n) is 8.24. The summed E-state index contributed by atoms with van der Waals surface area (Å²) in [5, 5.41) is 5.77. The summed E-state index contributed by atoms with van der Waals surface area (Å²) in [6.07, 6.45) is 6.73. The number of hydrogen-bond donors (Lipinski definition) is 1. The predicted octanol–water partition coefficient (Wildman–Crippen LogP) is 3.91. The minimum absolute atomic E-state index is 0.774. The molecule has 1 aromatic rings. The van der Waals surface area contributed by atoms with Gasteiger partial charge in [-0.2, -0.15) is 0 Å². The molecule has 2 heterocycles. The summed E-state index contributed by atoms with van der Waals surface area (Å²) < 4.78 is 0. The Morgan fingerprint density at radius 2 is 2.10 bits per heavy atom. The topological polar surface area (TPSA) is 15.3 Å². The largest absolute Gasteiger partial charge is 0.316 e. The highest BCUT2D eigenvalue weighted by Gasteiger charge is 2.16. The minimum Gasteiger partial charge on any atom is -0.316 e. The molecule has 1 N–H and O–H groups in total. The molecular formula is C17H30N2S. The Morgan fingerprint density at radius 3 is 2.95 bits per heavy atom. The van der Waals surface area contributed by atoms with Crippen LogP contribution >= 0.6 is 11.3 Å².